The van der Waals surface area contributed by atoms with Crippen molar-refractivity contribution in [3.05, 3.63) is 59.9 Å². The first-order chi connectivity index (χ1) is 12.0. The number of hydrogen-bond acceptors (Lipinski definition) is 4. The van der Waals surface area contributed by atoms with E-state index < -0.39 is 10.0 Å². The summed E-state index contributed by atoms with van der Waals surface area (Å²) in [6.45, 7) is 2.96. The number of carbonyl (C=O) groups is 1. The highest BCUT2D eigenvalue weighted by molar-refractivity contribution is 7.89. The van der Waals surface area contributed by atoms with E-state index in [1.807, 2.05) is 6.92 Å². The number of nitrogens with one attached hydrogen (secondary N) is 1. The van der Waals surface area contributed by atoms with Crippen LogP contribution in [0.2, 0.25) is 0 Å². The Kier molecular flexibility index (Phi) is 5.15. The van der Waals surface area contributed by atoms with Gasteiger partial charge in [0.2, 0.25) is 10.0 Å². The zero-order chi connectivity index (χ0) is 17.9. The third kappa shape index (κ3) is 4.24. The van der Waals surface area contributed by atoms with E-state index in [1.165, 1.54) is 0 Å². The summed E-state index contributed by atoms with van der Waals surface area (Å²) in [4.78, 5) is 18.4. The first-order valence-corrected chi connectivity index (χ1v) is 9.72. The molecule has 1 N–H and O–H groups in total. The van der Waals surface area contributed by atoms with Crippen molar-refractivity contribution in [1.29, 1.82) is 0 Å². The molecule has 7 heteroatoms. The smallest absolute Gasteiger partial charge is 0.255 e. The highest BCUT2D eigenvalue weighted by Crippen LogP contribution is 2.17. The van der Waals surface area contributed by atoms with Crippen LogP contribution in [0, 0.1) is 6.92 Å². The number of sulfonamides is 1. The first kappa shape index (κ1) is 17.6. The maximum Gasteiger partial charge on any atom is 0.255 e. The van der Waals surface area contributed by atoms with Gasteiger partial charge in [-0.1, -0.05) is 17.7 Å². The summed E-state index contributed by atoms with van der Waals surface area (Å²) in [5, 5.41) is 0. The highest BCUT2D eigenvalue weighted by Gasteiger charge is 2.27. The van der Waals surface area contributed by atoms with Crippen molar-refractivity contribution in [2.75, 3.05) is 13.1 Å². The minimum atomic E-state index is -3.53. The monoisotopic (exact) mass is 359 g/mol. The molecule has 1 saturated heterocycles. The zero-order valence-electron chi connectivity index (χ0n) is 14.1. The summed E-state index contributed by atoms with van der Waals surface area (Å²) in [5.41, 5.74) is 1.57. The molecule has 0 aliphatic carbocycles. The number of amides is 1. The molecule has 3 rings (SSSR count). The van der Waals surface area contributed by atoms with Crippen molar-refractivity contribution < 1.29 is 13.2 Å². The molecule has 2 aromatic rings. The Bertz CT molecular complexity index is 828. The van der Waals surface area contributed by atoms with E-state index in [0.29, 0.717) is 31.5 Å². The van der Waals surface area contributed by atoms with Crippen molar-refractivity contribution in [3.8, 4) is 0 Å². The second-order valence-electron chi connectivity index (χ2n) is 6.24. The molecule has 1 aliphatic rings. The molecule has 0 radical (unpaired) electrons. The number of likely N-dealkylation sites (tertiary alicyclic amines) is 1. The Morgan fingerprint density at radius 3 is 2.44 bits per heavy atom. The van der Waals surface area contributed by atoms with Crippen LogP contribution in [-0.4, -0.2) is 43.3 Å². The van der Waals surface area contributed by atoms with Gasteiger partial charge in [0.25, 0.3) is 5.91 Å². The molecule has 6 nitrogen and oxygen atoms in total. The van der Waals surface area contributed by atoms with Gasteiger partial charge in [-0.05, 0) is 44.0 Å². The Labute approximate surface area is 147 Å². The van der Waals surface area contributed by atoms with Crippen molar-refractivity contribution in [2.24, 2.45) is 0 Å². The van der Waals surface area contributed by atoms with Gasteiger partial charge in [0, 0.05) is 31.5 Å². The second-order valence-corrected chi connectivity index (χ2v) is 7.96. The number of piperidine rings is 1. The van der Waals surface area contributed by atoms with Gasteiger partial charge < -0.3 is 4.90 Å². The number of nitrogens with zero attached hydrogens (tertiary/aromatic N) is 2. The quantitative estimate of drug-likeness (QED) is 0.905. The fraction of sp³-hybridized carbons (Fsp3) is 0.333. The average molecular weight is 359 g/mol. The maximum absolute atomic E-state index is 12.4. The fourth-order valence-electron chi connectivity index (χ4n) is 2.88. The lowest BCUT2D eigenvalue weighted by molar-refractivity contribution is 0.0711. The van der Waals surface area contributed by atoms with Gasteiger partial charge in [-0.2, -0.15) is 0 Å². The van der Waals surface area contributed by atoms with Crippen LogP contribution in [0.5, 0.6) is 0 Å². The molecule has 0 atom stereocenters. The lowest BCUT2D eigenvalue weighted by Gasteiger charge is -2.32. The third-order valence-electron chi connectivity index (χ3n) is 4.34. The molecule has 0 bridgehead atoms. The number of hydrogen-bond donors (Lipinski definition) is 1. The van der Waals surface area contributed by atoms with Crippen LogP contribution in [0.1, 0.15) is 28.8 Å². The molecular weight excluding hydrogens is 338 g/mol. The maximum atomic E-state index is 12.4. The lowest BCUT2D eigenvalue weighted by atomic mass is 10.1. The van der Waals surface area contributed by atoms with E-state index in [-0.39, 0.29) is 16.8 Å². The summed E-state index contributed by atoms with van der Waals surface area (Å²) < 4.78 is 27.6. The predicted molar refractivity (Wildman–Crippen MR) is 94.7 cm³/mol. The number of benzene rings is 1. The molecule has 0 saturated carbocycles. The standard InChI is InChI=1S/C18H21N3O3S/c1-14-4-6-17(7-5-14)25(23,24)20-16-8-11-21(12-9-16)18(22)15-3-2-10-19-13-15/h2-7,10,13,16,20H,8-9,11-12H2,1H3. The number of pyridine rings is 1. The summed E-state index contributed by atoms with van der Waals surface area (Å²) in [6, 6.07) is 10.1. The molecule has 1 amide bonds. The summed E-state index contributed by atoms with van der Waals surface area (Å²) in [7, 11) is -3.53. The van der Waals surface area contributed by atoms with Crippen molar-refractivity contribution >= 4 is 15.9 Å². The largest absolute Gasteiger partial charge is 0.338 e. The molecule has 2 heterocycles. The van der Waals surface area contributed by atoms with E-state index >= 15 is 0 Å². The van der Waals surface area contributed by atoms with Crippen molar-refractivity contribution in [2.45, 2.75) is 30.7 Å². The Balaban J connectivity index is 1.59. The molecule has 1 fully saturated rings. The number of rotatable bonds is 4. The minimum Gasteiger partial charge on any atom is -0.338 e. The zero-order valence-corrected chi connectivity index (χ0v) is 14.9. The topological polar surface area (TPSA) is 79.4 Å². The Morgan fingerprint density at radius 1 is 1.16 bits per heavy atom. The van der Waals surface area contributed by atoms with Crippen LogP contribution in [-0.2, 0) is 10.0 Å². The van der Waals surface area contributed by atoms with Crippen LogP contribution < -0.4 is 4.72 Å². The number of carbonyl (C=O) groups excluding carboxylic acids is 1. The van der Waals surface area contributed by atoms with Crippen molar-refractivity contribution in [1.82, 2.24) is 14.6 Å². The third-order valence-corrected chi connectivity index (χ3v) is 5.88. The van der Waals surface area contributed by atoms with Crippen LogP contribution >= 0.6 is 0 Å². The van der Waals surface area contributed by atoms with Crippen LogP contribution in [0.4, 0.5) is 0 Å². The van der Waals surface area contributed by atoms with Crippen LogP contribution in [0.15, 0.2) is 53.7 Å². The van der Waals surface area contributed by atoms with Gasteiger partial charge in [-0.3, -0.25) is 9.78 Å². The lowest BCUT2D eigenvalue weighted by Crippen LogP contribution is -2.46. The highest BCUT2D eigenvalue weighted by atomic mass is 32.2. The van der Waals surface area contributed by atoms with E-state index in [9.17, 15) is 13.2 Å². The van der Waals surface area contributed by atoms with E-state index in [1.54, 1.807) is 53.7 Å². The molecule has 0 unspecified atom stereocenters. The van der Waals surface area contributed by atoms with Gasteiger partial charge >= 0.3 is 0 Å². The Hall–Kier alpha value is -2.25. The molecule has 0 spiro atoms. The predicted octanol–water partition coefficient (Wildman–Crippen LogP) is 1.97. The van der Waals surface area contributed by atoms with Crippen LogP contribution in [0.3, 0.4) is 0 Å². The summed E-state index contributed by atoms with van der Waals surface area (Å²) >= 11 is 0. The minimum absolute atomic E-state index is 0.0621. The SMILES string of the molecule is Cc1ccc(S(=O)(=O)NC2CCN(C(=O)c3cccnc3)CC2)cc1. The fourth-order valence-corrected chi connectivity index (χ4v) is 4.18. The molecule has 25 heavy (non-hydrogen) atoms. The molecule has 1 aliphatic heterocycles. The van der Waals surface area contributed by atoms with Gasteiger partial charge in [0.05, 0.1) is 10.5 Å². The molecule has 1 aromatic carbocycles. The number of aryl methyl sites for hydroxylation is 1. The molecule has 1 aromatic heterocycles. The molecular formula is C18H21N3O3S. The number of aromatic nitrogens is 1. The van der Waals surface area contributed by atoms with Gasteiger partial charge in [0.1, 0.15) is 0 Å². The first-order valence-electron chi connectivity index (χ1n) is 8.24. The molecule has 132 valence electrons. The van der Waals surface area contributed by atoms with Crippen LogP contribution in [0.25, 0.3) is 0 Å². The van der Waals surface area contributed by atoms with E-state index in [4.69, 9.17) is 0 Å². The normalized spacial score (nSPS) is 16.0. The van der Waals surface area contributed by atoms with E-state index in [2.05, 4.69) is 9.71 Å². The second kappa shape index (κ2) is 7.33. The summed E-state index contributed by atoms with van der Waals surface area (Å²) in [6.07, 6.45) is 4.37. The summed E-state index contributed by atoms with van der Waals surface area (Å²) in [5.74, 6) is -0.0621. The van der Waals surface area contributed by atoms with Gasteiger partial charge in [-0.25, -0.2) is 13.1 Å². The average Bonchev–Trinajstić information content (AvgIpc) is 2.62. The van der Waals surface area contributed by atoms with Crippen molar-refractivity contribution in [3.63, 3.8) is 0 Å². The Morgan fingerprint density at radius 2 is 1.84 bits per heavy atom. The van der Waals surface area contributed by atoms with Gasteiger partial charge in [0.15, 0.2) is 0 Å². The van der Waals surface area contributed by atoms with E-state index in [0.717, 1.165) is 5.56 Å². The van der Waals surface area contributed by atoms with Gasteiger partial charge in [-0.15, -0.1) is 0 Å².